The Hall–Kier alpha value is -2.30. The van der Waals surface area contributed by atoms with E-state index in [1.54, 1.807) is 18.3 Å². The van der Waals surface area contributed by atoms with Gasteiger partial charge in [-0.25, -0.2) is 28.1 Å². The van der Waals surface area contributed by atoms with Crippen LogP contribution in [0, 0.1) is 6.92 Å². The molecule has 0 fully saturated rings. The van der Waals surface area contributed by atoms with E-state index < -0.39 is 10.0 Å². The van der Waals surface area contributed by atoms with Gasteiger partial charge >= 0.3 is 0 Å². The summed E-state index contributed by atoms with van der Waals surface area (Å²) < 4.78 is 34.4. The molecule has 0 spiro atoms. The number of oxazole rings is 1. The van der Waals surface area contributed by atoms with E-state index in [9.17, 15) is 8.42 Å². The first-order valence-electron chi connectivity index (χ1n) is 8.61. The molecular weight excluding hydrogens is 446 g/mol. The van der Waals surface area contributed by atoms with Crippen LogP contribution in [0.3, 0.4) is 0 Å². The average molecular weight is 466 g/mol. The van der Waals surface area contributed by atoms with Gasteiger partial charge in [0.25, 0.3) is 0 Å². The number of halogens is 1. The van der Waals surface area contributed by atoms with Crippen molar-refractivity contribution in [3.8, 4) is 0 Å². The van der Waals surface area contributed by atoms with E-state index in [-0.39, 0.29) is 11.4 Å². The minimum atomic E-state index is -3.78. The number of nitrogens with zero attached hydrogens (tertiary/aromatic N) is 3. The SMILES string of the molecule is CCc1cnc(CNS(=O)(=O)c2ccc(Br)cc2NCc2cc(C)ncn2)o1. The number of hydrogen-bond acceptors (Lipinski definition) is 7. The molecule has 2 N–H and O–H groups in total. The number of nitrogens with one attached hydrogen (secondary N) is 2. The van der Waals surface area contributed by atoms with Crippen molar-refractivity contribution in [2.45, 2.75) is 38.3 Å². The van der Waals surface area contributed by atoms with Crippen LogP contribution in [0.4, 0.5) is 5.69 Å². The zero-order chi connectivity index (χ0) is 20.1. The maximum absolute atomic E-state index is 12.8. The van der Waals surface area contributed by atoms with Gasteiger partial charge in [0, 0.05) is 16.6 Å². The molecule has 0 aliphatic rings. The van der Waals surface area contributed by atoms with E-state index >= 15 is 0 Å². The van der Waals surface area contributed by atoms with Gasteiger partial charge in [-0.3, -0.25) is 0 Å². The van der Waals surface area contributed by atoms with Crippen molar-refractivity contribution >= 4 is 31.6 Å². The summed E-state index contributed by atoms with van der Waals surface area (Å²) in [6, 6.07) is 6.76. The van der Waals surface area contributed by atoms with Crippen LogP contribution in [0.25, 0.3) is 0 Å². The molecule has 0 saturated heterocycles. The third-order valence-corrected chi connectivity index (χ3v) is 5.87. The molecular formula is C18H20BrN5O3S. The van der Waals surface area contributed by atoms with Crippen LogP contribution >= 0.6 is 15.9 Å². The van der Waals surface area contributed by atoms with Crippen LogP contribution in [0.15, 0.2) is 50.6 Å². The van der Waals surface area contributed by atoms with E-state index in [4.69, 9.17) is 4.42 Å². The molecule has 28 heavy (non-hydrogen) atoms. The molecule has 0 saturated carbocycles. The van der Waals surface area contributed by atoms with E-state index in [2.05, 4.69) is 40.9 Å². The molecule has 0 aliphatic carbocycles. The highest BCUT2D eigenvalue weighted by Gasteiger charge is 2.20. The van der Waals surface area contributed by atoms with Crippen LogP contribution in [-0.4, -0.2) is 23.4 Å². The minimum absolute atomic E-state index is 0.0249. The van der Waals surface area contributed by atoms with Gasteiger partial charge in [-0.15, -0.1) is 0 Å². The number of benzene rings is 1. The van der Waals surface area contributed by atoms with E-state index in [1.807, 2.05) is 19.9 Å². The molecule has 2 heterocycles. The Morgan fingerprint density at radius 2 is 1.96 bits per heavy atom. The lowest BCUT2D eigenvalue weighted by Gasteiger charge is -2.13. The molecule has 0 amide bonds. The Balaban J connectivity index is 1.77. The van der Waals surface area contributed by atoms with Gasteiger partial charge < -0.3 is 9.73 Å². The lowest BCUT2D eigenvalue weighted by molar-refractivity contribution is 0.452. The Kier molecular flexibility index (Phi) is 6.42. The summed E-state index contributed by atoms with van der Waals surface area (Å²) in [5.74, 6) is 1.03. The molecule has 0 unspecified atom stereocenters. The van der Waals surface area contributed by atoms with E-state index in [0.29, 0.717) is 30.3 Å². The summed E-state index contributed by atoms with van der Waals surface area (Å²) in [5.41, 5.74) is 2.06. The molecule has 1 aromatic carbocycles. The van der Waals surface area contributed by atoms with Crippen molar-refractivity contribution in [1.29, 1.82) is 0 Å². The summed E-state index contributed by atoms with van der Waals surface area (Å²) in [6.07, 6.45) is 3.77. The summed E-state index contributed by atoms with van der Waals surface area (Å²) in [4.78, 5) is 12.4. The second-order valence-electron chi connectivity index (χ2n) is 6.04. The van der Waals surface area contributed by atoms with Gasteiger partial charge in [0.15, 0.2) is 0 Å². The lowest BCUT2D eigenvalue weighted by atomic mass is 10.3. The quantitative estimate of drug-likeness (QED) is 0.525. The summed E-state index contributed by atoms with van der Waals surface area (Å²) >= 11 is 3.38. The highest BCUT2D eigenvalue weighted by Crippen LogP contribution is 2.26. The normalized spacial score (nSPS) is 11.5. The second-order valence-corrected chi connectivity index (χ2v) is 8.69. The zero-order valence-electron chi connectivity index (χ0n) is 15.4. The molecule has 8 nitrogen and oxygen atoms in total. The fourth-order valence-electron chi connectivity index (χ4n) is 2.49. The van der Waals surface area contributed by atoms with Crippen molar-refractivity contribution in [1.82, 2.24) is 19.7 Å². The maximum Gasteiger partial charge on any atom is 0.243 e. The maximum atomic E-state index is 12.8. The minimum Gasteiger partial charge on any atom is -0.444 e. The second kappa shape index (κ2) is 8.80. The van der Waals surface area contributed by atoms with Crippen LogP contribution in [0.2, 0.25) is 0 Å². The number of hydrogen-bond donors (Lipinski definition) is 2. The molecule has 2 aromatic heterocycles. The van der Waals surface area contributed by atoms with E-state index in [1.165, 1.54) is 12.4 Å². The lowest BCUT2D eigenvalue weighted by Crippen LogP contribution is -2.24. The number of sulfonamides is 1. The summed E-state index contributed by atoms with van der Waals surface area (Å²) in [6.45, 7) is 4.15. The van der Waals surface area contributed by atoms with E-state index in [0.717, 1.165) is 15.9 Å². The largest absolute Gasteiger partial charge is 0.444 e. The molecule has 0 atom stereocenters. The Labute approximate surface area is 172 Å². The van der Waals surface area contributed by atoms with Crippen LogP contribution in [-0.2, 0) is 29.5 Å². The van der Waals surface area contributed by atoms with Gasteiger partial charge in [0.1, 0.15) is 17.0 Å². The number of rotatable bonds is 8. The van der Waals surface area contributed by atoms with Crippen molar-refractivity contribution in [2.75, 3.05) is 5.32 Å². The van der Waals surface area contributed by atoms with Crippen LogP contribution < -0.4 is 10.0 Å². The number of anilines is 1. The van der Waals surface area contributed by atoms with Crippen molar-refractivity contribution in [2.24, 2.45) is 0 Å². The summed E-state index contributed by atoms with van der Waals surface area (Å²) in [5, 5.41) is 3.14. The smallest absolute Gasteiger partial charge is 0.243 e. The average Bonchev–Trinajstić information content (AvgIpc) is 3.13. The summed E-state index contributed by atoms with van der Waals surface area (Å²) in [7, 11) is -3.78. The molecule has 3 aromatic rings. The van der Waals surface area contributed by atoms with Crippen LogP contribution in [0.5, 0.6) is 0 Å². The third-order valence-electron chi connectivity index (χ3n) is 3.91. The number of aromatic nitrogens is 3. The van der Waals surface area contributed by atoms with Gasteiger partial charge in [-0.05, 0) is 31.2 Å². The molecule has 3 rings (SSSR count). The highest BCUT2D eigenvalue weighted by atomic mass is 79.9. The predicted octanol–water partition coefficient (Wildman–Crippen LogP) is 3.19. The van der Waals surface area contributed by atoms with Crippen molar-refractivity contribution in [3.05, 3.63) is 64.3 Å². The topological polar surface area (TPSA) is 110 Å². The van der Waals surface area contributed by atoms with Gasteiger partial charge in [-0.2, -0.15) is 0 Å². The van der Waals surface area contributed by atoms with Gasteiger partial charge in [0.2, 0.25) is 15.9 Å². The Bertz CT molecular complexity index is 1070. The third kappa shape index (κ3) is 5.15. The molecule has 0 bridgehead atoms. The monoisotopic (exact) mass is 465 g/mol. The van der Waals surface area contributed by atoms with Gasteiger partial charge in [0.05, 0.1) is 30.7 Å². The first kappa shape index (κ1) is 20.4. The van der Waals surface area contributed by atoms with Crippen LogP contribution in [0.1, 0.15) is 30.0 Å². The fourth-order valence-corrected chi connectivity index (χ4v) is 3.99. The highest BCUT2D eigenvalue weighted by molar-refractivity contribution is 9.10. The zero-order valence-corrected chi connectivity index (χ0v) is 17.8. The first-order chi connectivity index (χ1) is 13.4. The Morgan fingerprint density at radius 3 is 2.68 bits per heavy atom. The standard InChI is InChI=1S/C18H20BrN5O3S/c1-3-15-9-21-18(27-15)10-24-28(25,26)17-5-4-13(19)7-16(17)20-8-14-6-12(2)22-11-23-14/h4-7,9,11,20,24H,3,8,10H2,1-2H3. The van der Waals surface area contributed by atoms with Crippen molar-refractivity contribution < 1.29 is 12.8 Å². The van der Waals surface area contributed by atoms with Gasteiger partial charge in [-0.1, -0.05) is 22.9 Å². The molecule has 0 radical (unpaired) electrons. The molecule has 148 valence electrons. The Morgan fingerprint density at radius 1 is 1.14 bits per heavy atom. The fraction of sp³-hybridized carbons (Fsp3) is 0.278. The predicted molar refractivity (Wildman–Crippen MR) is 108 cm³/mol. The van der Waals surface area contributed by atoms with Crippen molar-refractivity contribution in [3.63, 3.8) is 0 Å². The number of aryl methyl sites for hydroxylation is 2. The molecule has 10 heteroatoms. The molecule has 0 aliphatic heterocycles. The first-order valence-corrected chi connectivity index (χ1v) is 10.9.